The van der Waals surface area contributed by atoms with Gasteiger partial charge in [0.15, 0.2) is 5.78 Å². The molecule has 0 saturated heterocycles. The lowest BCUT2D eigenvalue weighted by molar-refractivity contribution is -0.122. The molecule has 3 heteroatoms. The molecule has 0 N–H and O–H groups in total. The number of rotatable bonds is 4. The number of carbonyl (C=O) groups excluding carboxylic acids is 1. The van der Waals surface area contributed by atoms with Crippen LogP contribution in [0.15, 0.2) is 42.7 Å². The number of nitrogens with zero attached hydrogens (tertiary/aromatic N) is 2. The van der Waals surface area contributed by atoms with Gasteiger partial charge < -0.3 is 4.57 Å². The molecule has 0 spiro atoms. The van der Waals surface area contributed by atoms with Gasteiger partial charge in [0.1, 0.15) is 0 Å². The van der Waals surface area contributed by atoms with Gasteiger partial charge in [0.2, 0.25) is 0 Å². The molecule has 0 fully saturated rings. The van der Waals surface area contributed by atoms with E-state index in [1.54, 1.807) is 0 Å². The van der Waals surface area contributed by atoms with Crippen LogP contribution in [-0.2, 0) is 11.3 Å². The molecule has 3 aromatic rings. The van der Waals surface area contributed by atoms with Crippen LogP contribution in [0.5, 0.6) is 0 Å². The molecule has 1 aromatic carbocycles. The van der Waals surface area contributed by atoms with Crippen molar-refractivity contribution >= 4 is 16.8 Å². The third-order valence-electron chi connectivity index (χ3n) is 4.50. The van der Waals surface area contributed by atoms with Crippen molar-refractivity contribution in [2.24, 2.45) is 5.92 Å². The molecular weight excluding hydrogens is 284 g/mol. The Hall–Kier alpha value is -2.42. The average Bonchev–Trinajstić information content (AvgIpc) is 2.92. The van der Waals surface area contributed by atoms with E-state index in [0.29, 0.717) is 6.54 Å². The first-order valence-electron chi connectivity index (χ1n) is 8.01. The van der Waals surface area contributed by atoms with Crippen molar-refractivity contribution in [3.63, 3.8) is 0 Å². The standard InChI is InChI=1S/C20H22N2O/c1-13(2)20(23)12-22-9-8-18-19(22)10-16(11-21-18)17-7-5-6-14(3)15(17)4/h5-11,13H,12H2,1-4H3. The fourth-order valence-corrected chi connectivity index (χ4v) is 2.76. The molecule has 0 unspecified atom stereocenters. The number of aromatic nitrogens is 2. The summed E-state index contributed by atoms with van der Waals surface area (Å²) in [6.45, 7) is 8.53. The minimum Gasteiger partial charge on any atom is -0.339 e. The van der Waals surface area contributed by atoms with Crippen LogP contribution in [-0.4, -0.2) is 15.3 Å². The number of aryl methyl sites for hydroxylation is 1. The maximum absolute atomic E-state index is 12.1. The van der Waals surface area contributed by atoms with Crippen LogP contribution in [0.25, 0.3) is 22.2 Å². The third-order valence-corrected chi connectivity index (χ3v) is 4.50. The molecule has 0 aliphatic carbocycles. The quantitative estimate of drug-likeness (QED) is 0.709. The van der Waals surface area contributed by atoms with Gasteiger partial charge in [0.05, 0.1) is 17.6 Å². The second-order valence-electron chi connectivity index (χ2n) is 6.44. The van der Waals surface area contributed by atoms with Gasteiger partial charge in [-0.1, -0.05) is 32.0 Å². The zero-order chi connectivity index (χ0) is 16.6. The van der Waals surface area contributed by atoms with E-state index in [4.69, 9.17) is 0 Å². The van der Waals surface area contributed by atoms with Crippen LogP contribution in [0.3, 0.4) is 0 Å². The monoisotopic (exact) mass is 306 g/mol. The lowest BCUT2D eigenvalue weighted by Crippen LogP contribution is -2.14. The number of fused-ring (bicyclic) bond motifs is 1. The Bertz CT molecular complexity index is 874. The number of hydrogen-bond acceptors (Lipinski definition) is 2. The Labute approximate surface area is 137 Å². The molecule has 0 atom stereocenters. The van der Waals surface area contributed by atoms with Crippen LogP contribution in [0.2, 0.25) is 0 Å². The van der Waals surface area contributed by atoms with E-state index < -0.39 is 0 Å². The first kappa shape index (κ1) is 15.5. The molecular formula is C20H22N2O. The highest BCUT2D eigenvalue weighted by molar-refractivity contribution is 5.85. The molecule has 118 valence electrons. The van der Waals surface area contributed by atoms with Gasteiger partial charge in [-0.25, -0.2) is 0 Å². The predicted octanol–water partition coefficient (Wildman–Crippen LogP) is 4.55. The summed E-state index contributed by atoms with van der Waals surface area (Å²) in [5.74, 6) is 0.280. The first-order chi connectivity index (χ1) is 11.0. The minimum absolute atomic E-state index is 0.0441. The molecule has 0 amide bonds. The van der Waals surface area contributed by atoms with Crippen LogP contribution in [0.4, 0.5) is 0 Å². The van der Waals surface area contributed by atoms with Crippen LogP contribution in [0, 0.1) is 19.8 Å². The molecule has 0 aliphatic heterocycles. The van der Waals surface area contributed by atoms with Gasteiger partial charge in [-0.2, -0.15) is 0 Å². The van der Waals surface area contributed by atoms with Crippen molar-refractivity contribution in [2.45, 2.75) is 34.2 Å². The van der Waals surface area contributed by atoms with Crippen molar-refractivity contribution in [3.05, 3.63) is 53.9 Å². The maximum atomic E-state index is 12.1. The zero-order valence-electron chi connectivity index (χ0n) is 14.1. The highest BCUT2D eigenvalue weighted by Gasteiger charge is 2.12. The smallest absolute Gasteiger partial charge is 0.155 e. The van der Waals surface area contributed by atoms with Crippen molar-refractivity contribution in [1.82, 2.24) is 9.55 Å². The van der Waals surface area contributed by atoms with Crippen LogP contribution in [0.1, 0.15) is 25.0 Å². The Balaban J connectivity index is 2.07. The minimum atomic E-state index is 0.0441. The maximum Gasteiger partial charge on any atom is 0.155 e. The Morgan fingerprint density at radius 2 is 2.00 bits per heavy atom. The molecule has 0 saturated carbocycles. The number of hydrogen-bond donors (Lipinski definition) is 0. The molecule has 3 nitrogen and oxygen atoms in total. The molecule has 2 heterocycles. The average molecular weight is 306 g/mol. The molecule has 0 radical (unpaired) electrons. The topological polar surface area (TPSA) is 34.9 Å². The summed E-state index contributed by atoms with van der Waals surface area (Å²) >= 11 is 0. The molecule has 0 bridgehead atoms. The SMILES string of the molecule is Cc1cccc(-c2cnc3ccn(CC(=O)C(C)C)c3c2)c1C. The highest BCUT2D eigenvalue weighted by atomic mass is 16.1. The Morgan fingerprint density at radius 1 is 1.22 bits per heavy atom. The summed E-state index contributed by atoms with van der Waals surface area (Å²) in [5.41, 5.74) is 6.77. The summed E-state index contributed by atoms with van der Waals surface area (Å²) in [5, 5.41) is 0. The largest absolute Gasteiger partial charge is 0.339 e. The van der Waals surface area contributed by atoms with E-state index in [0.717, 1.165) is 16.6 Å². The molecule has 3 rings (SSSR count). The molecule has 2 aromatic heterocycles. The lowest BCUT2D eigenvalue weighted by atomic mass is 9.98. The summed E-state index contributed by atoms with van der Waals surface area (Å²) < 4.78 is 2.00. The Kier molecular flexibility index (Phi) is 4.03. The number of carbonyl (C=O) groups is 1. The van der Waals surface area contributed by atoms with Crippen molar-refractivity contribution < 1.29 is 4.79 Å². The summed E-state index contributed by atoms with van der Waals surface area (Å²) in [7, 11) is 0. The second-order valence-corrected chi connectivity index (χ2v) is 6.44. The van der Waals surface area contributed by atoms with E-state index in [2.05, 4.69) is 43.1 Å². The van der Waals surface area contributed by atoms with Gasteiger partial charge in [-0.15, -0.1) is 0 Å². The normalized spacial score (nSPS) is 11.3. The second kappa shape index (κ2) is 5.99. The summed E-state index contributed by atoms with van der Waals surface area (Å²) in [6.07, 6.45) is 3.86. The zero-order valence-corrected chi connectivity index (χ0v) is 14.1. The van der Waals surface area contributed by atoms with Crippen molar-refractivity contribution in [3.8, 4) is 11.1 Å². The van der Waals surface area contributed by atoms with Crippen LogP contribution >= 0.6 is 0 Å². The van der Waals surface area contributed by atoms with E-state index in [-0.39, 0.29) is 11.7 Å². The summed E-state index contributed by atoms with van der Waals surface area (Å²) in [4.78, 5) is 16.6. The lowest BCUT2D eigenvalue weighted by Gasteiger charge is -2.10. The van der Waals surface area contributed by atoms with Gasteiger partial charge >= 0.3 is 0 Å². The van der Waals surface area contributed by atoms with E-state index in [9.17, 15) is 4.79 Å². The van der Waals surface area contributed by atoms with E-state index in [1.165, 1.54) is 16.7 Å². The predicted molar refractivity (Wildman–Crippen MR) is 94.5 cm³/mol. The van der Waals surface area contributed by atoms with Gasteiger partial charge in [-0.3, -0.25) is 9.78 Å². The van der Waals surface area contributed by atoms with Gasteiger partial charge in [-0.05, 0) is 42.7 Å². The summed E-state index contributed by atoms with van der Waals surface area (Å²) in [6, 6.07) is 10.4. The molecule has 23 heavy (non-hydrogen) atoms. The van der Waals surface area contributed by atoms with Crippen molar-refractivity contribution in [2.75, 3.05) is 0 Å². The van der Waals surface area contributed by atoms with Gasteiger partial charge in [0.25, 0.3) is 0 Å². The number of pyridine rings is 1. The van der Waals surface area contributed by atoms with Crippen LogP contribution < -0.4 is 0 Å². The van der Waals surface area contributed by atoms with Gasteiger partial charge in [0, 0.05) is 23.9 Å². The fraction of sp³-hybridized carbons (Fsp3) is 0.300. The number of Topliss-reactive ketones (excluding diaryl/α,β-unsaturated/α-hetero) is 1. The third kappa shape index (κ3) is 2.91. The Morgan fingerprint density at radius 3 is 2.74 bits per heavy atom. The first-order valence-corrected chi connectivity index (χ1v) is 8.01. The number of ketones is 1. The molecule has 0 aliphatic rings. The number of benzene rings is 1. The fourth-order valence-electron chi connectivity index (χ4n) is 2.76. The highest BCUT2D eigenvalue weighted by Crippen LogP contribution is 2.27. The van der Waals surface area contributed by atoms with Crippen molar-refractivity contribution in [1.29, 1.82) is 0 Å². The van der Waals surface area contributed by atoms with E-state index >= 15 is 0 Å². The van der Waals surface area contributed by atoms with E-state index in [1.807, 2.05) is 36.9 Å².